The van der Waals surface area contributed by atoms with Gasteiger partial charge in [0.25, 0.3) is 5.91 Å². The van der Waals surface area contributed by atoms with Crippen LogP contribution in [0.25, 0.3) is 5.88 Å². The number of benzene rings is 1. The summed E-state index contributed by atoms with van der Waals surface area (Å²) in [5, 5.41) is 11.6. The number of carboxylic acids is 1. The van der Waals surface area contributed by atoms with Gasteiger partial charge >= 0.3 is 5.97 Å². The van der Waals surface area contributed by atoms with Gasteiger partial charge in [0.1, 0.15) is 12.1 Å². The van der Waals surface area contributed by atoms with Crippen molar-refractivity contribution >= 4 is 17.6 Å². The molecule has 2 aromatic heterocycles. The van der Waals surface area contributed by atoms with Gasteiger partial charge in [-0.15, -0.1) is 0 Å². The standard InChI is InChI=1S/C16H13N3O5/c1-23-11-4-2-3-10(7-11)18-15(20)13-5-6-14(24-13)19-8-12(16(21)22)17-9-19/h2-9H,1H3,(H,18,20)(H,21,22). The molecule has 0 fully saturated rings. The third-order valence-corrected chi connectivity index (χ3v) is 3.20. The monoisotopic (exact) mass is 327 g/mol. The highest BCUT2D eigenvalue weighted by atomic mass is 16.5. The van der Waals surface area contributed by atoms with Gasteiger partial charge in [0.2, 0.25) is 5.88 Å². The molecule has 0 saturated carbocycles. The van der Waals surface area contributed by atoms with Gasteiger partial charge in [-0.25, -0.2) is 9.78 Å². The van der Waals surface area contributed by atoms with Crippen molar-refractivity contribution in [3.63, 3.8) is 0 Å². The molecular weight excluding hydrogens is 314 g/mol. The van der Waals surface area contributed by atoms with Gasteiger partial charge in [-0.2, -0.15) is 0 Å². The molecule has 0 bridgehead atoms. The van der Waals surface area contributed by atoms with Crippen LogP contribution in [0.4, 0.5) is 5.69 Å². The van der Waals surface area contributed by atoms with Gasteiger partial charge in [0.15, 0.2) is 11.5 Å². The number of nitrogens with zero attached hydrogens (tertiary/aromatic N) is 2. The van der Waals surface area contributed by atoms with E-state index >= 15 is 0 Å². The van der Waals surface area contributed by atoms with E-state index in [0.717, 1.165) is 0 Å². The first kappa shape index (κ1) is 15.3. The van der Waals surface area contributed by atoms with E-state index in [1.807, 2.05) is 0 Å². The van der Waals surface area contributed by atoms with Crippen LogP contribution in [0.5, 0.6) is 5.75 Å². The maximum atomic E-state index is 12.2. The van der Waals surface area contributed by atoms with Crippen molar-refractivity contribution in [1.82, 2.24) is 9.55 Å². The molecule has 0 radical (unpaired) electrons. The van der Waals surface area contributed by atoms with E-state index < -0.39 is 11.9 Å². The molecule has 0 aliphatic carbocycles. The van der Waals surface area contributed by atoms with Crippen LogP contribution in [-0.2, 0) is 0 Å². The zero-order valence-corrected chi connectivity index (χ0v) is 12.6. The second kappa shape index (κ2) is 6.29. The fourth-order valence-corrected chi connectivity index (χ4v) is 2.04. The van der Waals surface area contributed by atoms with Crippen molar-refractivity contribution in [2.24, 2.45) is 0 Å². The number of amides is 1. The van der Waals surface area contributed by atoms with Gasteiger partial charge < -0.3 is 19.6 Å². The number of carbonyl (C=O) groups is 2. The molecular formula is C16H13N3O5. The summed E-state index contributed by atoms with van der Waals surface area (Å²) in [6.45, 7) is 0. The van der Waals surface area contributed by atoms with Crippen LogP contribution in [0.2, 0.25) is 0 Å². The lowest BCUT2D eigenvalue weighted by atomic mass is 10.3. The van der Waals surface area contributed by atoms with Crippen molar-refractivity contribution in [3.05, 3.63) is 60.4 Å². The van der Waals surface area contributed by atoms with E-state index in [1.165, 1.54) is 30.3 Å². The summed E-state index contributed by atoms with van der Waals surface area (Å²) in [6, 6.07) is 9.95. The first-order valence-electron chi connectivity index (χ1n) is 6.90. The lowest BCUT2D eigenvalue weighted by Crippen LogP contribution is -2.10. The molecule has 1 amide bonds. The first-order chi connectivity index (χ1) is 11.6. The number of anilines is 1. The highest BCUT2D eigenvalue weighted by Crippen LogP contribution is 2.19. The molecule has 0 unspecified atom stereocenters. The molecule has 1 aromatic carbocycles. The number of ether oxygens (including phenoxy) is 1. The smallest absolute Gasteiger partial charge is 0.356 e. The van der Waals surface area contributed by atoms with E-state index in [-0.39, 0.29) is 17.3 Å². The van der Waals surface area contributed by atoms with Crippen molar-refractivity contribution in [3.8, 4) is 11.6 Å². The number of carbonyl (C=O) groups excluding carboxylic acids is 1. The van der Waals surface area contributed by atoms with E-state index in [0.29, 0.717) is 11.4 Å². The molecule has 0 spiro atoms. The second-order valence-electron chi connectivity index (χ2n) is 4.80. The summed E-state index contributed by atoms with van der Waals surface area (Å²) in [5.41, 5.74) is 0.446. The molecule has 0 saturated heterocycles. The van der Waals surface area contributed by atoms with Crippen LogP contribution < -0.4 is 10.1 Å². The summed E-state index contributed by atoms with van der Waals surface area (Å²) in [7, 11) is 1.54. The number of hydrogen-bond acceptors (Lipinski definition) is 5. The Kier molecular flexibility index (Phi) is 4.02. The second-order valence-corrected chi connectivity index (χ2v) is 4.80. The van der Waals surface area contributed by atoms with E-state index in [2.05, 4.69) is 10.3 Å². The van der Waals surface area contributed by atoms with Gasteiger partial charge in [-0.1, -0.05) is 6.07 Å². The average molecular weight is 327 g/mol. The van der Waals surface area contributed by atoms with Crippen LogP contribution in [0.15, 0.2) is 53.3 Å². The molecule has 8 heteroatoms. The molecule has 122 valence electrons. The van der Waals surface area contributed by atoms with Gasteiger partial charge in [-0.3, -0.25) is 9.36 Å². The molecule has 2 N–H and O–H groups in total. The minimum atomic E-state index is -1.14. The molecule has 0 aliphatic heterocycles. The Bertz CT molecular complexity index is 897. The predicted octanol–water partition coefficient (Wildman–Crippen LogP) is 2.42. The Morgan fingerprint density at radius 1 is 1.29 bits per heavy atom. The molecule has 8 nitrogen and oxygen atoms in total. The Labute approximate surface area is 136 Å². The van der Waals surface area contributed by atoms with Crippen LogP contribution >= 0.6 is 0 Å². The highest BCUT2D eigenvalue weighted by molar-refractivity contribution is 6.02. The Morgan fingerprint density at radius 2 is 2.12 bits per heavy atom. The van der Waals surface area contributed by atoms with Crippen molar-refractivity contribution in [2.75, 3.05) is 12.4 Å². The number of aromatic carboxylic acids is 1. The summed E-state index contributed by atoms with van der Waals surface area (Å²) < 4.78 is 11.9. The Hall–Kier alpha value is -3.55. The zero-order chi connectivity index (χ0) is 17.1. The number of hydrogen-bond donors (Lipinski definition) is 2. The molecule has 24 heavy (non-hydrogen) atoms. The van der Waals surface area contributed by atoms with Crippen LogP contribution in [0.1, 0.15) is 21.0 Å². The number of nitrogens with one attached hydrogen (secondary N) is 1. The summed E-state index contributed by atoms with van der Waals surface area (Å²) in [5.74, 6) is -0.596. The number of imidazole rings is 1. The minimum absolute atomic E-state index is 0.0818. The van der Waals surface area contributed by atoms with E-state index in [9.17, 15) is 9.59 Å². The maximum Gasteiger partial charge on any atom is 0.356 e. The molecule has 0 atom stereocenters. The SMILES string of the molecule is COc1cccc(NC(=O)c2ccc(-n3cnc(C(=O)O)c3)o2)c1. The summed E-state index contributed by atoms with van der Waals surface area (Å²) >= 11 is 0. The van der Waals surface area contributed by atoms with Gasteiger partial charge in [-0.05, 0) is 18.2 Å². The molecule has 3 aromatic rings. The summed E-state index contributed by atoms with van der Waals surface area (Å²) in [6.07, 6.45) is 2.59. The summed E-state index contributed by atoms with van der Waals surface area (Å²) in [4.78, 5) is 26.8. The predicted molar refractivity (Wildman–Crippen MR) is 83.7 cm³/mol. The first-order valence-corrected chi connectivity index (χ1v) is 6.90. The zero-order valence-electron chi connectivity index (χ0n) is 12.6. The maximum absolute atomic E-state index is 12.2. The number of aromatic nitrogens is 2. The van der Waals surface area contributed by atoms with Gasteiger partial charge in [0, 0.05) is 24.0 Å². The largest absolute Gasteiger partial charge is 0.497 e. The lowest BCUT2D eigenvalue weighted by Gasteiger charge is -2.05. The molecule has 3 rings (SSSR count). The van der Waals surface area contributed by atoms with E-state index in [1.54, 1.807) is 30.3 Å². The third kappa shape index (κ3) is 3.12. The normalized spacial score (nSPS) is 10.4. The average Bonchev–Trinajstić information content (AvgIpc) is 3.24. The van der Waals surface area contributed by atoms with Crippen LogP contribution in [-0.4, -0.2) is 33.6 Å². The van der Waals surface area contributed by atoms with E-state index in [4.69, 9.17) is 14.3 Å². The Balaban J connectivity index is 1.76. The molecule has 0 aliphatic rings. The quantitative estimate of drug-likeness (QED) is 0.745. The number of rotatable bonds is 5. The minimum Gasteiger partial charge on any atom is -0.497 e. The fourth-order valence-electron chi connectivity index (χ4n) is 2.04. The number of carboxylic acid groups (broad SMARTS) is 1. The Morgan fingerprint density at radius 3 is 2.83 bits per heavy atom. The van der Waals surface area contributed by atoms with Crippen LogP contribution in [0, 0.1) is 0 Å². The van der Waals surface area contributed by atoms with Crippen molar-refractivity contribution < 1.29 is 23.8 Å². The highest BCUT2D eigenvalue weighted by Gasteiger charge is 2.14. The van der Waals surface area contributed by atoms with Crippen molar-refractivity contribution in [2.45, 2.75) is 0 Å². The fraction of sp³-hybridized carbons (Fsp3) is 0.0625. The van der Waals surface area contributed by atoms with Crippen molar-refractivity contribution in [1.29, 1.82) is 0 Å². The number of methoxy groups -OCH3 is 1. The van der Waals surface area contributed by atoms with Crippen LogP contribution in [0.3, 0.4) is 0 Å². The third-order valence-electron chi connectivity index (χ3n) is 3.20. The topological polar surface area (TPSA) is 107 Å². The number of furan rings is 1. The van der Waals surface area contributed by atoms with Gasteiger partial charge in [0.05, 0.1) is 7.11 Å². The lowest BCUT2D eigenvalue weighted by molar-refractivity contribution is 0.0690. The molecule has 2 heterocycles.